The Morgan fingerprint density at radius 2 is 1.80 bits per heavy atom. The molecule has 1 saturated heterocycles. The van der Waals surface area contributed by atoms with Crippen LogP contribution in [0.1, 0.15) is 32.6 Å². The van der Waals surface area contributed by atoms with Crippen LogP contribution in [0.4, 0.5) is 0 Å². The highest BCUT2D eigenvalue weighted by atomic mass is 16.4. The zero-order valence-electron chi connectivity index (χ0n) is 16.5. The quantitative estimate of drug-likeness (QED) is 0.171. The number of nitrogens with zero attached hydrogens (tertiary/aromatic N) is 1. The second-order valence-corrected chi connectivity index (χ2v) is 7.04. The number of hydrogen-bond acceptors (Lipinski definition) is 8. The molecule has 1 aliphatic rings. The number of carboxylic acid groups (broad SMARTS) is 2. The van der Waals surface area contributed by atoms with Crippen LogP contribution >= 0.6 is 0 Å². The van der Waals surface area contributed by atoms with Crippen molar-refractivity contribution in [2.75, 3.05) is 13.2 Å². The van der Waals surface area contributed by atoms with Crippen molar-refractivity contribution in [3.63, 3.8) is 0 Å². The minimum Gasteiger partial charge on any atom is -0.481 e. The first-order valence-electron chi connectivity index (χ1n) is 9.39. The molecule has 1 aliphatic heterocycles. The molecule has 1 fully saturated rings. The van der Waals surface area contributed by atoms with Crippen LogP contribution in [0.2, 0.25) is 0 Å². The maximum Gasteiger partial charge on any atom is 0.328 e. The average molecular weight is 432 g/mol. The van der Waals surface area contributed by atoms with Gasteiger partial charge in [0.05, 0.1) is 12.7 Å². The molecule has 8 N–H and O–H groups in total. The Labute approximate surface area is 172 Å². The molecule has 0 aliphatic carbocycles. The van der Waals surface area contributed by atoms with E-state index >= 15 is 0 Å². The van der Waals surface area contributed by atoms with Gasteiger partial charge in [-0.3, -0.25) is 19.2 Å². The second-order valence-electron chi connectivity index (χ2n) is 7.04. The van der Waals surface area contributed by atoms with Crippen molar-refractivity contribution in [1.29, 1.82) is 0 Å². The molecule has 3 amide bonds. The third-order valence-electron chi connectivity index (χ3n) is 4.68. The molecule has 1 heterocycles. The fourth-order valence-electron chi connectivity index (χ4n) is 3.04. The Hall–Kier alpha value is -2.77. The Morgan fingerprint density at radius 3 is 2.30 bits per heavy atom. The lowest BCUT2D eigenvalue weighted by atomic mass is 10.1. The first kappa shape index (κ1) is 25.3. The van der Waals surface area contributed by atoms with Gasteiger partial charge in [-0.2, -0.15) is 0 Å². The van der Waals surface area contributed by atoms with Crippen LogP contribution < -0.4 is 16.4 Å². The largest absolute Gasteiger partial charge is 0.481 e. The van der Waals surface area contributed by atoms with Gasteiger partial charge in [0.25, 0.3) is 0 Å². The summed E-state index contributed by atoms with van der Waals surface area (Å²) in [5.74, 6) is -5.10. The van der Waals surface area contributed by atoms with Crippen LogP contribution in [-0.4, -0.2) is 98.4 Å². The summed E-state index contributed by atoms with van der Waals surface area (Å²) >= 11 is 0. The predicted octanol–water partition coefficient (Wildman–Crippen LogP) is -3.40. The molecule has 0 spiro atoms. The predicted molar refractivity (Wildman–Crippen MR) is 99.8 cm³/mol. The fraction of sp³-hybridized carbons (Fsp3) is 0.706. The van der Waals surface area contributed by atoms with Gasteiger partial charge in [0.15, 0.2) is 6.04 Å². The van der Waals surface area contributed by atoms with Crippen LogP contribution in [-0.2, 0) is 24.0 Å². The highest BCUT2D eigenvalue weighted by Crippen LogP contribution is 2.19. The van der Waals surface area contributed by atoms with E-state index in [-0.39, 0.29) is 19.4 Å². The number of aliphatic carboxylic acids is 2. The maximum absolute atomic E-state index is 12.7. The van der Waals surface area contributed by atoms with Crippen LogP contribution in [0.15, 0.2) is 0 Å². The molecular weight excluding hydrogens is 404 g/mol. The number of carbonyl (C=O) groups excluding carboxylic acids is 3. The highest BCUT2D eigenvalue weighted by Gasteiger charge is 2.38. The summed E-state index contributed by atoms with van der Waals surface area (Å²) in [6.07, 6.45) is -1.51. The first-order valence-corrected chi connectivity index (χ1v) is 9.39. The van der Waals surface area contributed by atoms with E-state index in [0.29, 0.717) is 6.42 Å². The van der Waals surface area contributed by atoms with E-state index in [4.69, 9.17) is 21.1 Å². The van der Waals surface area contributed by atoms with Gasteiger partial charge < -0.3 is 41.7 Å². The zero-order valence-corrected chi connectivity index (χ0v) is 16.5. The maximum atomic E-state index is 12.7. The molecule has 0 bridgehead atoms. The minimum atomic E-state index is -1.66. The van der Waals surface area contributed by atoms with Gasteiger partial charge in [0.1, 0.15) is 18.1 Å². The van der Waals surface area contributed by atoms with Crippen LogP contribution in [0.3, 0.4) is 0 Å². The monoisotopic (exact) mass is 432 g/mol. The van der Waals surface area contributed by atoms with Crippen molar-refractivity contribution in [2.45, 2.75) is 62.9 Å². The number of rotatable bonds is 11. The summed E-state index contributed by atoms with van der Waals surface area (Å²) in [4.78, 5) is 60.6. The molecule has 13 heteroatoms. The van der Waals surface area contributed by atoms with Crippen molar-refractivity contribution in [1.82, 2.24) is 15.5 Å². The van der Waals surface area contributed by atoms with Gasteiger partial charge in [-0.05, 0) is 26.2 Å². The third kappa shape index (κ3) is 6.93. The normalized spacial score (nSPS) is 20.0. The molecule has 170 valence electrons. The van der Waals surface area contributed by atoms with Crippen molar-refractivity contribution >= 4 is 29.7 Å². The van der Waals surface area contributed by atoms with Gasteiger partial charge in [-0.1, -0.05) is 0 Å². The SMILES string of the molecule is CC(O)C(NC(=O)C(CCC(=O)O)NC(=O)C1CCCN1C(=O)C(N)CO)C(=O)O. The van der Waals surface area contributed by atoms with Crippen molar-refractivity contribution in [2.24, 2.45) is 5.73 Å². The smallest absolute Gasteiger partial charge is 0.328 e. The number of likely N-dealkylation sites (tertiary alicyclic amines) is 1. The first-order chi connectivity index (χ1) is 14.0. The molecule has 0 aromatic carbocycles. The third-order valence-corrected chi connectivity index (χ3v) is 4.68. The number of amides is 3. The average Bonchev–Trinajstić information content (AvgIpc) is 3.16. The Bertz CT molecular complexity index is 670. The lowest BCUT2D eigenvalue weighted by molar-refractivity contribution is -0.146. The van der Waals surface area contributed by atoms with Crippen molar-refractivity contribution < 1.29 is 44.4 Å². The highest BCUT2D eigenvalue weighted by molar-refractivity contribution is 5.94. The number of aliphatic hydroxyl groups excluding tert-OH is 2. The molecule has 30 heavy (non-hydrogen) atoms. The number of nitrogens with one attached hydrogen (secondary N) is 2. The Balaban J connectivity index is 2.93. The number of carboxylic acids is 2. The Morgan fingerprint density at radius 1 is 1.17 bits per heavy atom. The standard InChI is InChI=1S/C17H28N4O9/c1-8(23)13(17(29)30)20-14(26)10(4-5-12(24)25)19-15(27)11-3-2-6-21(11)16(28)9(18)7-22/h8-11,13,22-23H,2-7,18H2,1H3,(H,19,27)(H,20,26)(H,24,25)(H,29,30). The summed E-state index contributed by atoms with van der Waals surface area (Å²) in [7, 11) is 0. The number of aliphatic hydroxyl groups is 2. The van der Waals surface area contributed by atoms with E-state index < -0.39 is 73.0 Å². The zero-order chi connectivity index (χ0) is 23.0. The van der Waals surface area contributed by atoms with Gasteiger partial charge in [-0.15, -0.1) is 0 Å². The molecule has 0 saturated carbocycles. The summed E-state index contributed by atoms with van der Waals surface area (Å²) < 4.78 is 0. The number of carbonyl (C=O) groups is 5. The van der Waals surface area contributed by atoms with Gasteiger partial charge in [0.2, 0.25) is 17.7 Å². The van der Waals surface area contributed by atoms with E-state index in [1.807, 2.05) is 0 Å². The van der Waals surface area contributed by atoms with Gasteiger partial charge in [0, 0.05) is 13.0 Å². The number of nitrogens with two attached hydrogens (primary N) is 1. The van der Waals surface area contributed by atoms with Gasteiger partial charge >= 0.3 is 11.9 Å². The van der Waals surface area contributed by atoms with Gasteiger partial charge in [-0.25, -0.2) is 4.79 Å². The summed E-state index contributed by atoms with van der Waals surface area (Å²) in [6.45, 7) is 0.763. The molecule has 5 unspecified atom stereocenters. The topological polar surface area (TPSA) is 220 Å². The summed E-state index contributed by atoms with van der Waals surface area (Å²) in [6, 6.07) is -5.23. The Kier molecular flexibility index (Phi) is 9.62. The lowest BCUT2D eigenvalue weighted by Gasteiger charge is -2.28. The van der Waals surface area contributed by atoms with Crippen molar-refractivity contribution in [3.8, 4) is 0 Å². The van der Waals surface area contributed by atoms with Crippen LogP contribution in [0.5, 0.6) is 0 Å². The van der Waals surface area contributed by atoms with Crippen molar-refractivity contribution in [3.05, 3.63) is 0 Å². The summed E-state index contributed by atoms with van der Waals surface area (Å²) in [5.41, 5.74) is 5.52. The van der Waals surface area contributed by atoms with Crippen LogP contribution in [0.25, 0.3) is 0 Å². The molecule has 13 nitrogen and oxygen atoms in total. The molecule has 5 atom stereocenters. The molecule has 0 aromatic heterocycles. The van der Waals surface area contributed by atoms with E-state index in [1.165, 1.54) is 4.90 Å². The fourth-order valence-corrected chi connectivity index (χ4v) is 3.04. The summed E-state index contributed by atoms with van der Waals surface area (Å²) in [5, 5.41) is 40.9. The molecule has 0 aromatic rings. The molecule has 0 radical (unpaired) electrons. The van der Waals surface area contributed by atoms with E-state index in [2.05, 4.69) is 10.6 Å². The second kappa shape index (κ2) is 11.4. The van der Waals surface area contributed by atoms with E-state index in [0.717, 1.165) is 6.92 Å². The molecule has 1 rings (SSSR count). The van der Waals surface area contributed by atoms with Crippen LogP contribution in [0, 0.1) is 0 Å². The van der Waals surface area contributed by atoms with E-state index in [9.17, 15) is 29.1 Å². The molecular formula is C17H28N4O9. The number of hydrogen-bond donors (Lipinski definition) is 7. The lowest BCUT2D eigenvalue weighted by Crippen LogP contribution is -2.58. The minimum absolute atomic E-state index is 0.222. The van der Waals surface area contributed by atoms with E-state index in [1.54, 1.807) is 0 Å².